The molecule has 8 heteroatoms. The van der Waals surface area contributed by atoms with E-state index in [2.05, 4.69) is 4.72 Å². The van der Waals surface area contributed by atoms with Gasteiger partial charge >= 0.3 is 0 Å². The van der Waals surface area contributed by atoms with E-state index in [0.717, 1.165) is 0 Å². The minimum absolute atomic E-state index is 0.363. The fourth-order valence-corrected chi connectivity index (χ4v) is 2.16. The zero-order valence-corrected chi connectivity index (χ0v) is 12.0. The number of rotatable bonds is 12. The van der Waals surface area contributed by atoms with E-state index in [1.165, 1.54) is 11.4 Å². The highest BCUT2D eigenvalue weighted by Crippen LogP contribution is 1.95. The Morgan fingerprint density at radius 2 is 1.94 bits per heavy atom. The molecule has 0 aliphatic rings. The van der Waals surface area contributed by atoms with E-state index in [1.807, 2.05) is 0 Å². The molecule has 0 amide bonds. The molecule has 0 saturated carbocycles. The van der Waals surface area contributed by atoms with E-state index in [1.54, 1.807) is 7.11 Å². The highest BCUT2D eigenvalue weighted by molar-refractivity contribution is 7.87. The van der Waals surface area contributed by atoms with Crippen LogP contribution in [0.2, 0.25) is 0 Å². The molecule has 0 aliphatic heterocycles. The molecule has 0 aromatic heterocycles. The molecule has 0 aromatic carbocycles. The standard InChI is InChI=1S/C10H25N3O4S/c1-13(7-3-5-11)18(14,15)12-6-4-8-17-10-9-16-2/h12H,3-11H2,1-2H3. The van der Waals surface area contributed by atoms with E-state index in [9.17, 15) is 8.42 Å². The van der Waals surface area contributed by atoms with Crippen LogP contribution in [0.1, 0.15) is 12.8 Å². The van der Waals surface area contributed by atoms with Crippen molar-refractivity contribution in [1.82, 2.24) is 9.03 Å². The van der Waals surface area contributed by atoms with Gasteiger partial charge in [0.2, 0.25) is 0 Å². The summed E-state index contributed by atoms with van der Waals surface area (Å²) < 4.78 is 37.2. The maximum atomic E-state index is 11.7. The molecule has 0 aliphatic carbocycles. The minimum Gasteiger partial charge on any atom is -0.382 e. The SMILES string of the molecule is COCCOCCCNS(=O)(=O)N(C)CCCN. The molecule has 18 heavy (non-hydrogen) atoms. The first-order valence-corrected chi connectivity index (χ1v) is 7.46. The summed E-state index contributed by atoms with van der Waals surface area (Å²) in [6, 6.07) is 0. The Morgan fingerprint density at radius 3 is 2.56 bits per heavy atom. The maximum absolute atomic E-state index is 11.7. The molecule has 0 radical (unpaired) electrons. The van der Waals surface area contributed by atoms with Crippen LogP contribution in [0.5, 0.6) is 0 Å². The highest BCUT2D eigenvalue weighted by Gasteiger charge is 2.15. The van der Waals surface area contributed by atoms with Gasteiger partial charge in [-0.25, -0.2) is 4.72 Å². The predicted molar refractivity (Wildman–Crippen MR) is 70.5 cm³/mol. The van der Waals surface area contributed by atoms with Crippen LogP contribution < -0.4 is 10.5 Å². The lowest BCUT2D eigenvalue weighted by Gasteiger charge is -2.17. The van der Waals surface area contributed by atoms with Gasteiger partial charge in [-0.15, -0.1) is 0 Å². The second kappa shape index (κ2) is 10.7. The molecular weight excluding hydrogens is 258 g/mol. The Hall–Kier alpha value is -0.250. The van der Waals surface area contributed by atoms with Gasteiger partial charge in [0.05, 0.1) is 13.2 Å². The Balaban J connectivity index is 3.64. The summed E-state index contributed by atoms with van der Waals surface area (Å²) in [7, 11) is -0.242. The summed E-state index contributed by atoms with van der Waals surface area (Å²) in [4.78, 5) is 0. The number of nitrogens with zero attached hydrogens (tertiary/aromatic N) is 1. The quantitative estimate of drug-likeness (QED) is 0.455. The van der Waals surface area contributed by atoms with E-state index in [0.29, 0.717) is 52.3 Å². The summed E-state index contributed by atoms with van der Waals surface area (Å²) in [5.74, 6) is 0. The fraction of sp³-hybridized carbons (Fsp3) is 1.00. The summed E-state index contributed by atoms with van der Waals surface area (Å²) in [5, 5.41) is 0. The molecule has 110 valence electrons. The van der Waals surface area contributed by atoms with Crippen LogP contribution in [0.25, 0.3) is 0 Å². The van der Waals surface area contributed by atoms with Gasteiger partial charge < -0.3 is 15.2 Å². The normalized spacial score (nSPS) is 12.2. The summed E-state index contributed by atoms with van der Waals surface area (Å²) in [6.07, 6.45) is 1.28. The van der Waals surface area contributed by atoms with Crippen molar-refractivity contribution in [3.05, 3.63) is 0 Å². The van der Waals surface area contributed by atoms with Crippen molar-refractivity contribution in [2.45, 2.75) is 12.8 Å². The van der Waals surface area contributed by atoms with Crippen molar-refractivity contribution in [1.29, 1.82) is 0 Å². The van der Waals surface area contributed by atoms with Crippen molar-refractivity contribution < 1.29 is 17.9 Å². The molecule has 3 N–H and O–H groups in total. The number of nitrogens with two attached hydrogens (primary N) is 1. The van der Waals surface area contributed by atoms with Crippen molar-refractivity contribution in [2.75, 3.05) is 53.6 Å². The molecule has 0 saturated heterocycles. The number of hydrogen-bond acceptors (Lipinski definition) is 5. The summed E-state index contributed by atoms with van der Waals surface area (Å²) >= 11 is 0. The molecule has 0 aromatic rings. The molecule has 0 unspecified atom stereocenters. The lowest BCUT2D eigenvalue weighted by molar-refractivity contribution is 0.0699. The lowest BCUT2D eigenvalue weighted by Crippen LogP contribution is -2.39. The smallest absolute Gasteiger partial charge is 0.279 e. The Morgan fingerprint density at radius 1 is 1.22 bits per heavy atom. The number of hydrogen-bond donors (Lipinski definition) is 2. The van der Waals surface area contributed by atoms with Crippen molar-refractivity contribution in [3.63, 3.8) is 0 Å². The Kier molecular flexibility index (Phi) is 10.5. The minimum atomic E-state index is -3.38. The van der Waals surface area contributed by atoms with Crippen molar-refractivity contribution >= 4 is 10.2 Å². The third-order valence-corrected chi connectivity index (χ3v) is 3.84. The van der Waals surface area contributed by atoms with Gasteiger partial charge in [-0.05, 0) is 19.4 Å². The molecule has 0 fully saturated rings. The van der Waals surface area contributed by atoms with Gasteiger partial charge in [-0.1, -0.05) is 0 Å². The first-order valence-electron chi connectivity index (χ1n) is 6.02. The third kappa shape index (κ3) is 8.78. The van der Waals surface area contributed by atoms with Crippen LogP contribution in [0.15, 0.2) is 0 Å². The molecule has 0 spiro atoms. The van der Waals surface area contributed by atoms with Crippen molar-refractivity contribution in [3.8, 4) is 0 Å². The average Bonchev–Trinajstić information content (AvgIpc) is 2.34. The van der Waals surface area contributed by atoms with Gasteiger partial charge in [0.25, 0.3) is 10.2 Å². The predicted octanol–water partition coefficient (Wildman–Crippen LogP) is -0.845. The molecule has 0 heterocycles. The number of nitrogens with one attached hydrogen (secondary N) is 1. The zero-order valence-electron chi connectivity index (χ0n) is 11.2. The van der Waals surface area contributed by atoms with E-state index in [4.69, 9.17) is 15.2 Å². The average molecular weight is 283 g/mol. The van der Waals surface area contributed by atoms with Crippen LogP contribution in [-0.4, -0.2) is 66.3 Å². The first-order chi connectivity index (χ1) is 8.54. The van der Waals surface area contributed by atoms with Gasteiger partial charge in [-0.2, -0.15) is 12.7 Å². The van der Waals surface area contributed by atoms with E-state index >= 15 is 0 Å². The second-order valence-electron chi connectivity index (χ2n) is 3.82. The van der Waals surface area contributed by atoms with E-state index in [-0.39, 0.29) is 0 Å². The van der Waals surface area contributed by atoms with Crippen LogP contribution in [0.4, 0.5) is 0 Å². The third-order valence-electron chi connectivity index (χ3n) is 2.27. The van der Waals surface area contributed by atoms with Crippen LogP contribution >= 0.6 is 0 Å². The Bertz CT molecular complexity index is 285. The highest BCUT2D eigenvalue weighted by atomic mass is 32.2. The van der Waals surface area contributed by atoms with Crippen LogP contribution in [0.3, 0.4) is 0 Å². The largest absolute Gasteiger partial charge is 0.382 e. The first kappa shape index (κ1) is 17.8. The number of ether oxygens (including phenoxy) is 2. The second-order valence-corrected chi connectivity index (χ2v) is 5.68. The summed E-state index contributed by atoms with van der Waals surface area (Å²) in [6.45, 7) is 2.86. The summed E-state index contributed by atoms with van der Waals surface area (Å²) in [5.41, 5.74) is 5.33. The molecule has 7 nitrogen and oxygen atoms in total. The van der Waals surface area contributed by atoms with Gasteiger partial charge in [0.15, 0.2) is 0 Å². The molecule has 0 atom stereocenters. The molecule has 0 rings (SSSR count). The monoisotopic (exact) mass is 283 g/mol. The maximum Gasteiger partial charge on any atom is 0.279 e. The lowest BCUT2D eigenvalue weighted by atomic mass is 10.4. The Labute approximate surface area is 110 Å². The number of methoxy groups -OCH3 is 1. The molecule has 0 bridgehead atoms. The topological polar surface area (TPSA) is 93.9 Å². The van der Waals surface area contributed by atoms with Crippen molar-refractivity contribution in [2.24, 2.45) is 5.73 Å². The molecular formula is C10H25N3O4S. The zero-order chi connectivity index (χ0) is 13.9. The van der Waals surface area contributed by atoms with Crippen LogP contribution in [-0.2, 0) is 19.7 Å². The van der Waals surface area contributed by atoms with Gasteiger partial charge in [0, 0.05) is 33.9 Å². The van der Waals surface area contributed by atoms with E-state index < -0.39 is 10.2 Å². The van der Waals surface area contributed by atoms with Crippen LogP contribution in [0, 0.1) is 0 Å². The van der Waals surface area contributed by atoms with Gasteiger partial charge in [0.1, 0.15) is 0 Å². The fourth-order valence-electron chi connectivity index (χ4n) is 1.16. The van der Waals surface area contributed by atoms with Gasteiger partial charge in [-0.3, -0.25) is 0 Å².